The molecule has 0 amide bonds. The van der Waals surface area contributed by atoms with Gasteiger partial charge in [-0.15, -0.1) is 0 Å². The number of nitrogens with one attached hydrogen (secondary N) is 2. The lowest BCUT2D eigenvalue weighted by molar-refractivity contribution is 0.250. The maximum atomic E-state index is 8.85. The molecule has 1 aliphatic heterocycles. The van der Waals surface area contributed by atoms with Crippen molar-refractivity contribution in [3.63, 3.8) is 0 Å². The molecule has 7 heteroatoms. The summed E-state index contributed by atoms with van der Waals surface area (Å²) in [7, 11) is 0. The van der Waals surface area contributed by atoms with Crippen LogP contribution in [0, 0.1) is 16.7 Å². The van der Waals surface area contributed by atoms with E-state index in [-0.39, 0.29) is 11.5 Å². The molecular weight excluding hydrogens is 338 g/mol. The van der Waals surface area contributed by atoms with E-state index in [1.165, 1.54) is 5.56 Å². The van der Waals surface area contributed by atoms with Crippen LogP contribution in [0.2, 0.25) is 0 Å². The van der Waals surface area contributed by atoms with E-state index in [0.29, 0.717) is 0 Å². The molecule has 1 saturated heterocycles. The molecule has 4 N–H and O–H groups in total. The number of hydrogen-bond acceptors (Lipinski definition) is 6. The Labute approximate surface area is 159 Å². The predicted octanol–water partition coefficient (Wildman–Crippen LogP) is 2.24. The Kier molecular flexibility index (Phi) is 6.02. The van der Waals surface area contributed by atoms with Gasteiger partial charge in [-0.1, -0.05) is 30.3 Å². The van der Waals surface area contributed by atoms with Crippen LogP contribution in [0.5, 0.6) is 0 Å². The van der Waals surface area contributed by atoms with E-state index in [0.717, 1.165) is 44.1 Å². The molecule has 3 rings (SSSR count). The molecule has 7 nitrogen and oxygen atoms in total. The highest BCUT2D eigenvalue weighted by atomic mass is 15.3. The number of rotatable bonds is 6. The second kappa shape index (κ2) is 8.83. The normalized spacial score (nSPS) is 15.2. The molecule has 0 aromatic heterocycles. The summed E-state index contributed by atoms with van der Waals surface area (Å²) in [5, 5.41) is 19.9. The average molecular weight is 361 g/mol. The quantitative estimate of drug-likeness (QED) is 0.416. The number of anilines is 2. The van der Waals surface area contributed by atoms with Gasteiger partial charge in [-0.3, -0.25) is 15.7 Å². The number of nitrogens with zero attached hydrogens (tertiary/aromatic N) is 4. The number of piperazine rings is 1. The summed E-state index contributed by atoms with van der Waals surface area (Å²) in [4.78, 5) is 4.84. The molecule has 0 saturated carbocycles. The van der Waals surface area contributed by atoms with Crippen LogP contribution in [-0.2, 0) is 6.54 Å². The summed E-state index contributed by atoms with van der Waals surface area (Å²) in [5.41, 5.74) is 11.2. The molecule has 0 spiro atoms. The van der Waals surface area contributed by atoms with Crippen molar-refractivity contribution in [1.29, 1.82) is 10.7 Å². The van der Waals surface area contributed by atoms with E-state index in [9.17, 15) is 0 Å². The summed E-state index contributed by atoms with van der Waals surface area (Å²) in [6.45, 7) is 5.03. The number of benzene rings is 2. The van der Waals surface area contributed by atoms with E-state index in [1.54, 1.807) is 6.07 Å². The fourth-order valence-electron chi connectivity index (χ4n) is 3.02. The Morgan fingerprint density at radius 1 is 1.07 bits per heavy atom. The molecule has 0 aliphatic carbocycles. The van der Waals surface area contributed by atoms with E-state index in [2.05, 4.69) is 44.6 Å². The summed E-state index contributed by atoms with van der Waals surface area (Å²) in [5.74, 6) is -0.352. The number of amidine groups is 1. The molecule has 0 bridgehead atoms. The van der Waals surface area contributed by atoms with Crippen molar-refractivity contribution < 1.29 is 0 Å². The Bertz CT molecular complexity index is 829. The van der Waals surface area contributed by atoms with E-state index >= 15 is 0 Å². The van der Waals surface area contributed by atoms with Crippen LogP contribution in [-0.4, -0.2) is 42.6 Å². The summed E-state index contributed by atoms with van der Waals surface area (Å²) in [6.07, 6.45) is 0. The summed E-state index contributed by atoms with van der Waals surface area (Å²) in [6, 6.07) is 20.2. The molecule has 0 unspecified atom stereocenters. The first kappa shape index (κ1) is 18.4. The van der Waals surface area contributed by atoms with Gasteiger partial charge in [0, 0.05) is 38.4 Å². The third-order valence-corrected chi connectivity index (χ3v) is 4.51. The third-order valence-electron chi connectivity index (χ3n) is 4.51. The average Bonchev–Trinajstić information content (AvgIpc) is 2.70. The van der Waals surface area contributed by atoms with Crippen molar-refractivity contribution in [2.45, 2.75) is 6.54 Å². The van der Waals surface area contributed by atoms with Gasteiger partial charge >= 0.3 is 0 Å². The van der Waals surface area contributed by atoms with Crippen molar-refractivity contribution in [1.82, 2.24) is 4.90 Å². The molecule has 2 aromatic rings. The second-order valence-corrected chi connectivity index (χ2v) is 6.39. The molecule has 27 heavy (non-hydrogen) atoms. The van der Waals surface area contributed by atoms with Gasteiger partial charge < -0.3 is 10.6 Å². The van der Waals surface area contributed by atoms with Crippen LogP contribution in [0.4, 0.5) is 11.4 Å². The van der Waals surface area contributed by atoms with Crippen LogP contribution in [0.3, 0.4) is 0 Å². The highest BCUT2D eigenvalue weighted by Crippen LogP contribution is 2.20. The van der Waals surface area contributed by atoms with Crippen LogP contribution in [0.1, 0.15) is 5.56 Å². The van der Waals surface area contributed by atoms with Gasteiger partial charge in [0.05, 0.1) is 5.69 Å². The maximum absolute atomic E-state index is 8.85. The van der Waals surface area contributed by atoms with Gasteiger partial charge in [-0.05, 0) is 29.8 Å². The molecule has 0 radical (unpaired) electrons. The monoisotopic (exact) mass is 361 g/mol. The Balaban J connectivity index is 1.53. The Morgan fingerprint density at radius 2 is 1.74 bits per heavy atom. The lowest BCUT2D eigenvalue weighted by atomic mass is 10.2. The second-order valence-electron chi connectivity index (χ2n) is 6.39. The Hall–Kier alpha value is -3.37. The molecule has 2 aromatic carbocycles. The smallest absolute Gasteiger partial charge is 0.201 e. The number of nitrogens with two attached hydrogens (primary N) is 1. The molecule has 0 atom stereocenters. The maximum Gasteiger partial charge on any atom is 0.201 e. The predicted molar refractivity (Wildman–Crippen MR) is 109 cm³/mol. The van der Waals surface area contributed by atoms with Gasteiger partial charge in [-0.2, -0.15) is 10.4 Å². The molecule has 1 fully saturated rings. The van der Waals surface area contributed by atoms with Crippen molar-refractivity contribution in [2.75, 3.05) is 36.5 Å². The molecule has 1 aliphatic rings. The topological polar surface area (TPSA) is 105 Å². The van der Waals surface area contributed by atoms with Crippen LogP contribution >= 0.6 is 0 Å². The van der Waals surface area contributed by atoms with Crippen LogP contribution < -0.4 is 16.1 Å². The molecule has 138 valence electrons. The van der Waals surface area contributed by atoms with Crippen LogP contribution in [0.25, 0.3) is 0 Å². The van der Waals surface area contributed by atoms with Gasteiger partial charge in [-0.25, -0.2) is 0 Å². The zero-order chi connectivity index (χ0) is 19.1. The van der Waals surface area contributed by atoms with E-state index in [1.807, 2.05) is 30.3 Å². The fraction of sp³-hybridized carbons (Fsp3) is 0.250. The zero-order valence-electron chi connectivity index (χ0n) is 15.1. The lowest BCUT2D eigenvalue weighted by Crippen LogP contribution is -2.45. The molecule has 1 heterocycles. The van der Waals surface area contributed by atoms with Gasteiger partial charge in [0.2, 0.25) is 5.71 Å². The van der Waals surface area contributed by atoms with Crippen molar-refractivity contribution in [3.8, 4) is 6.07 Å². The minimum atomic E-state index is -0.352. The first-order valence-electron chi connectivity index (χ1n) is 8.85. The highest BCUT2D eigenvalue weighted by Gasteiger charge is 2.17. The van der Waals surface area contributed by atoms with Crippen LogP contribution in [0.15, 0.2) is 59.7 Å². The number of hydrogen-bond donors (Lipinski definition) is 3. The summed E-state index contributed by atoms with van der Waals surface area (Å²) < 4.78 is 0. The lowest BCUT2D eigenvalue weighted by Gasteiger charge is -2.36. The van der Waals surface area contributed by atoms with E-state index < -0.39 is 0 Å². The van der Waals surface area contributed by atoms with E-state index in [4.69, 9.17) is 16.4 Å². The van der Waals surface area contributed by atoms with Crippen molar-refractivity contribution in [3.05, 3.63) is 60.2 Å². The molecular formula is C20H23N7. The zero-order valence-corrected chi connectivity index (χ0v) is 15.1. The largest absolute Gasteiger partial charge is 0.382 e. The third kappa shape index (κ3) is 5.06. The fourth-order valence-corrected chi connectivity index (χ4v) is 3.02. The minimum absolute atomic E-state index is 0.131. The first-order valence-corrected chi connectivity index (χ1v) is 8.85. The highest BCUT2D eigenvalue weighted by molar-refractivity contribution is 6.45. The number of nitriles is 1. The SMILES string of the molecule is N#C/C(=N\Nc1ccc(N2CCN(Cc3ccccc3)CC2)cc1)C(=N)N. The van der Waals surface area contributed by atoms with Gasteiger partial charge in [0.15, 0.2) is 5.84 Å². The van der Waals surface area contributed by atoms with Gasteiger partial charge in [0.1, 0.15) is 6.07 Å². The Morgan fingerprint density at radius 3 is 2.33 bits per heavy atom. The minimum Gasteiger partial charge on any atom is -0.382 e. The van der Waals surface area contributed by atoms with Crippen molar-refractivity contribution in [2.24, 2.45) is 10.8 Å². The first-order chi connectivity index (χ1) is 13.2. The summed E-state index contributed by atoms with van der Waals surface area (Å²) >= 11 is 0. The van der Waals surface area contributed by atoms with Crippen molar-refractivity contribution >= 4 is 22.9 Å². The number of hydrazone groups is 1. The standard InChI is InChI=1S/C20H23N7/c21-14-19(20(22)23)25-24-17-6-8-18(9-7-17)27-12-10-26(11-13-27)15-16-4-2-1-3-5-16/h1-9,24H,10-13,15H2,(H3,22,23)/b25-19+. The van der Waals surface area contributed by atoms with Gasteiger partial charge in [0.25, 0.3) is 0 Å².